The summed E-state index contributed by atoms with van der Waals surface area (Å²) in [6.07, 6.45) is 0.991. The predicted octanol–water partition coefficient (Wildman–Crippen LogP) is 0.988. The van der Waals surface area contributed by atoms with Crippen molar-refractivity contribution in [1.82, 2.24) is 0 Å². The van der Waals surface area contributed by atoms with Gasteiger partial charge in [-0.1, -0.05) is 11.6 Å². The number of nitrogens with zero attached hydrogens (tertiary/aromatic N) is 1. The van der Waals surface area contributed by atoms with E-state index in [9.17, 15) is 13.2 Å². The van der Waals surface area contributed by atoms with Crippen LogP contribution in [0.1, 0.15) is 6.92 Å². The molecule has 106 valence electrons. The highest BCUT2D eigenvalue weighted by Gasteiger charge is 2.28. The van der Waals surface area contributed by atoms with Crippen LogP contribution < -0.4 is 14.8 Å². The Morgan fingerprint density at radius 2 is 2.05 bits per heavy atom. The first-order valence-corrected chi connectivity index (χ1v) is 7.53. The van der Waals surface area contributed by atoms with E-state index >= 15 is 0 Å². The first-order chi connectivity index (χ1) is 8.68. The molecule has 19 heavy (non-hydrogen) atoms. The number of carbonyl (C=O) groups excluding carboxylic acids is 1. The van der Waals surface area contributed by atoms with Gasteiger partial charge in [0.15, 0.2) is 0 Å². The fourth-order valence-electron chi connectivity index (χ4n) is 1.61. The summed E-state index contributed by atoms with van der Waals surface area (Å²) in [6, 6.07) is 3.40. The Morgan fingerprint density at radius 3 is 2.42 bits per heavy atom. The third-order valence-corrected chi connectivity index (χ3v) is 4.05. The quantitative estimate of drug-likeness (QED) is 0.878. The Morgan fingerprint density at radius 1 is 1.47 bits per heavy atom. The molecule has 0 aromatic heterocycles. The van der Waals surface area contributed by atoms with Crippen molar-refractivity contribution >= 4 is 33.2 Å². The van der Waals surface area contributed by atoms with Crippen LogP contribution in [0.3, 0.4) is 0 Å². The third-order valence-electron chi connectivity index (χ3n) is 2.51. The number of sulfonamides is 1. The van der Waals surface area contributed by atoms with Gasteiger partial charge >= 0.3 is 0 Å². The van der Waals surface area contributed by atoms with Crippen LogP contribution in [0.5, 0.6) is 5.75 Å². The third kappa shape index (κ3) is 3.51. The number of carbonyl (C=O) groups is 1. The van der Waals surface area contributed by atoms with E-state index in [4.69, 9.17) is 22.1 Å². The molecule has 0 aliphatic heterocycles. The van der Waals surface area contributed by atoms with Gasteiger partial charge in [0.1, 0.15) is 11.8 Å². The molecule has 1 amide bonds. The van der Waals surface area contributed by atoms with E-state index in [1.165, 1.54) is 32.2 Å². The van der Waals surface area contributed by atoms with Crippen molar-refractivity contribution in [2.45, 2.75) is 13.0 Å². The van der Waals surface area contributed by atoms with E-state index in [0.29, 0.717) is 5.75 Å². The van der Waals surface area contributed by atoms with Crippen molar-refractivity contribution < 1.29 is 17.9 Å². The van der Waals surface area contributed by atoms with Crippen LogP contribution in [-0.2, 0) is 14.8 Å². The van der Waals surface area contributed by atoms with E-state index in [1.807, 2.05) is 0 Å². The lowest BCUT2D eigenvalue weighted by atomic mass is 10.2. The zero-order valence-electron chi connectivity index (χ0n) is 10.8. The summed E-state index contributed by atoms with van der Waals surface area (Å²) in [4.78, 5) is 11.2. The van der Waals surface area contributed by atoms with Gasteiger partial charge in [0.05, 0.1) is 24.1 Å². The Kier molecular flexibility index (Phi) is 4.65. The minimum Gasteiger partial charge on any atom is -0.495 e. The lowest BCUT2D eigenvalue weighted by Crippen LogP contribution is -2.45. The minimum atomic E-state index is -3.67. The number of anilines is 1. The number of hydrogen-bond donors (Lipinski definition) is 1. The number of methoxy groups -OCH3 is 1. The lowest BCUT2D eigenvalue weighted by Gasteiger charge is -2.27. The molecule has 0 aliphatic rings. The number of rotatable bonds is 5. The molecule has 0 heterocycles. The number of ether oxygens (including phenoxy) is 1. The van der Waals surface area contributed by atoms with Crippen molar-refractivity contribution in [1.29, 1.82) is 0 Å². The van der Waals surface area contributed by atoms with Crippen molar-refractivity contribution in [2.75, 3.05) is 17.7 Å². The first kappa shape index (κ1) is 15.6. The Labute approximate surface area is 117 Å². The monoisotopic (exact) mass is 306 g/mol. The van der Waals surface area contributed by atoms with Crippen LogP contribution in [-0.4, -0.2) is 33.7 Å². The van der Waals surface area contributed by atoms with Crippen molar-refractivity contribution in [3.8, 4) is 5.75 Å². The topological polar surface area (TPSA) is 89.7 Å². The molecule has 0 aliphatic carbocycles. The second-order valence-corrected chi connectivity index (χ2v) is 6.22. The number of benzene rings is 1. The number of amides is 1. The SMILES string of the molecule is COc1ccc(N([C@H](C)C(N)=O)S(C)(=O)=O)cc1Cl. The average molecular weight is 307 g/mol. The zero-order chi connectivity index (χ0) is 14.8. The first-order valence-electron chi connectivity index (χ1n) is 5.30. The highest BCUT2D eigenvalue weighted by atomic mass is 35.5. The Bertz CT molecular complexity index is 588. The summed E-state index contributed by atoms with van der Waals surface area (Å²) in [5.74, 6) is -0.344. The number of nitrogens with two attached hydrogens (primary N) is 1. The molecule has 1 atom stereocenters. The maximum absolute atomic E-state index is 11.8. The number of hydrogen-bond acceptors (Lipinski definition) is 4. The van der Waals surface area contributed by atoms with Crippen LogP contribution in [0.4, 0.5) is 5.69 Å². The van der Waals surface area contributed by atoms with Crippen molar-refractivity contribution in [3.05, 3.63) is 23.2 Å². The highest BCUT2D eigenvalue weighted by Crippen LogP contribution is 2.31. The molecule has 0 bridgehead atoms. The van der Waals surface area contributed by atoms with E-state index in [0.717, 1.165) is 10.6 Å². The van der Waals surface area contributed by atoms with E-state index < -0.39 is 22.0 Å². The minimum absolute atomic E-state index is 0.241. The highest BCUT2D eigenvalue weighted by molar-refractivity contribution is 7.92. The summed E-state index contributed by atoms with van der Waals surface area (Å²) in [5.41, 5.74) is 5.41. The molecule has 1 aromatic rings. The molecule has 0 unspecified atom stereocenters. The Balaban J connectivity index is 3.34. The van der Waals surface area contributed by atoms with Gasteiger partial charge in [-0.05, 0) is 25.1 Å². The zero-order valence-corrected chi connectivity index (χ0v) is 12.3. The molecule has 6 nitrogen and oxygen atoms in total. The number of primary amides is 1. The lowest BCUT2D eigenvalue weighted by molar-refractivity contribution is -0.118. The normalized spacial score (nSPS) is 12.8. The molecule has 1 rings (SSSR count). The van der Waals surface area contributed by atoms with Crippen LogP contribution in [0.25, 0.3) is 0 Å². The van der Waals surface area contributed by atoms with Crippen LogP contribution in [0.2, 0.25) is 5.02 Å². The van der Waals surface area contributed by atoms with Gasteiger partial charge in [-0.2, -0.15) is 0 Å². The average Bonchev–Trinajstić information content (AvgIpc) is 2.27. The van der Waals surface area contributed by atoms with Gasteiger partial charge in [-0.15, -0.1) is 0 Å². The maximum Gasteiger partial charge on any atom is 0.241 e. The number of halogens is 1. The van der Waals surface area contributed by atoms with Crippen LogP contribution in [0.15, 0.2) is 18.2 Å². The van der Waals surface area contributed by atoms with Gasteiger partial charge in [-0.25, -0.2) is 8.42 Å². The van der Waals surface area contributed by atoms with Crippen molar-refractivity contribution in [2.24, 2.45) is 5.73 Å². The van der Waals surface area contributed by atoms with Gasteiger partial charge < -0.3 is 10.5 Å². The van der Waals surface area contributed by atoms with E-state index in [-0.39, 0.29) is 10.7 Å². The largest absolute Gasteiger partial charge is 0.495 e. The molecular formula is C11H15ClN2O4S. The van der Waals surface area contributed by atoms with E-state index in [2.05, 4.69) is 0 Å². The smallest absolute Gasteiger partial charge is 0.241 e. The van der Waals surface area contributed by atoms with E-state index in [1.54, 1.807) is 0 Å². The molecule has 1 aromatic carbocycles. The van der Waals surface area contributed by atoms with Crippen LogP contribution >= 0.6 is 11.6 Å². The standard InChI is InChI=1S/C11H15ClN2O4S/c1-7(11(13)15)14(19(3,16)17)8-4-5-10(18-2)9(12)6-8/h4-7H,1-3H3,(H2,13,15)/t7-/m1/s1. The summed E-state index contributed by atoms with van der Waals surface area (Å²) in [5, 5.41) is 0.241. The summed E-state index contributed by atoms with van der Waals surface area (Å²) in [7, 11) is -2.22. The second kappa shape index (κ2) is 5.66. The molecule has 8 heteroatoms. The summed E-state index contributed by atoms with van der Waals surface area (Å²) in [6.45, 7) is 1.40. The molecule has 0 saturated heterocycles. The summed E-state index contributed by atoms with van der Waals surface area (Å²) < 4.78 is 29.5. The second-order valence-electron chi connectivity index (χ2n) is 3.96. The van der Waals surface area contributed by atoms with Gasteiger partial charge in [0.2, 0.25) is 15.9 Å². The van der Waals surface area contributed by atoms with Gasteiger partial charge in [0.25, 0.3) is 0 Å². The van der Waals surface area contributed by atoms with Gasteiger partial charge in [0, 0.05) is 0 Å². The molecule has 0 fully saturated rings. The summed E-state index contributed by atoms with van der Waals surface area (Å²) >= 11 is 5.95. The molecule has 0 saturated carbocycles. The van der Waals surface area contributed by atoms with Crippen molar-refractivity contribution in [3.63, 3.8) is 0 Å². The molecule has 0 spiro atoms. The van der Waals surface area contributed by atoms with Gasteiger partial charge in [-0.3, -0.25) is 9.10 Å². The molecule has 0 radical (unpaired) electrons. The Hall–Kier alpha value is -1.47. The van der Waals surface area contributed by atoms with Crippen LogP contribution in [0, 0.1) is 0 Å². The fourth-order valence-corrected chi connectivity index (χ4v) is 3.04. The fraction of sp³-hybridized carbons (Fsp3) is 0.364. The maximum atomic E-state index is 11.8. The molecule has 2 N–H and O–H groups in total. The molecular weight excluding hydrogens is 292 g/mol. The predicted molar refractivity (Wildman–Crippen MR) is 74.0 cm³/mol.